The number of hydrogen-bond acceptors (Lipinski definition) is 4. The number of rotatable bonds is 3. The molecule has 6 nitrogen and oxygen atoms in total. The standard InChI is InChI=1S/C20H27N5O/c1-15-12-24(13-19-22-21-16(2)25(15)19)20(26)14-23-10-8-18(9-11-23)17-6-4-3-5-7-17/h3-7,15,18H,8-14H2,1-2H3. The molecule has 1 unspecified atom stereocenters. The van der Waals surface area contributed by atoms with E-state index in [1.54, 1.807) is 0 Å². The lowest BCUT2D eigenvalue weighted by atomic mass is 9.89. The van der Waals surface area contributed by atoms with E-state index >= 15 is 0 Å². The summed E-state index contributed by atoms with van der Waals surface area (Å²) in [6, 6.07) is 11.0. The van der Waals surface area contributed by atoms with Crippen molar-refractivity contribution in [1.29, 1.82) is 0 Å². The Balaban J connectivity index is 1.32. The molecule has 6 heteroatoms. The fourth-order valence-electron chi connectivity index (χ4n) is 4.36. The molecule has 3 heterocycles. The quantitative estimate of drug-likeness (QED) is 0.850. The number of amides is 1. The van der Waals surface area contributed by atoms with Gasteiger partial charge in [0.25, 0.3) is 0 Å². The highest BCUT2D eigenvalue weighted by atomic mass is 16.2. The second-order valence-corrected chi connectivity index (χ2v) is 7.62. The first kappa shape index (κ1) is 17.2. The SMILES string of the molecule is Cc1nnc2n1C(C)CN(C(=O)CN1CCC(c3ccccc3)CC1)C2. The van der Waals surface area contributed by atoms with Crippen molar-refractivity contribution in [1.82, 2.24) is 24.6 Å². The van der Waals surface area contributed by atoms with Gasteiger partial charge in [0, 0.05) is 6.54 Å². The average molecular weight is 353 g/mol. The Bertz CT molecular complexity index is 764. The summed E-state index contributed by atoms with van der Waals surface area (Å²) in [5.41, 5.74) is 1.43. The first-order chi connectivity index (χ1) is 12.6. The van der Waals surface area contributed by atoms with Gasteiger partial charge in [-0.05, 0) is 51.3 Å². The molecular formula is C20H27N5O. The Morgan fingerprint density at radius 3 is 2.62 bits per heavy atom. The maximum atomic E-state index is 12.8. The topological polar surface area (TPSA) is 54.3 Å². The minimum absolute atomic E-state index is 0.210. The third kappa shape index (κ3) is 3.38. The summed E-state index contributed by atoms with van der Waals surface area (Å²) >= 11 is 0. The number of benzene rings is 1. The average Bonchev–Trinajstić information content (AvgIpc) is 3.04. The molecule has 4 rings (SSSR count). The summed E-state index contributed by atoms with van der Waals surface area (Å²) in [7, 11) is 0. The summed E-state index contributed by atoms with van der Waals surface area (Å²) in [5.74, 6) is 2.67. The van der Waals surface area contributed by atoms with E-state index < -0.39 is 0 Å². The Hall–Kier alpha value is -2.21. The van der Waals surface area contributed by atoms with Crippen LogP contribution in [0.3, 0.4) is 0 Å². The second kappa shape index (κ2) is 7.19. The number of fused-ring (bicyclic) bond motifs is 1. The van der Waals surface area contributed by atoms with E-state index in [0.29, 0.717) is 19.0 Å². The molecule has 0 aliphatic carbocycles. The molecule has 0 spiro atoms. The number of nitrogens with zero attached hydrogens (tertiary/aromatic N) is 5. The molecule has 1 atom stereocenters. The molecule has 2 aliphatic heterocycles. The van der Waals surface area contributed by atoms with Gasteiger partial charge in [0.05, 0.1) is 19.1 Å². The highest BCUT2D eigenvalue weighted by Crippen LogP contribution is 2.28. The number of aromatic nitrogens is 3. The van der Waals surface area contributed by atoms with Crippen molar-refractivity contribution in [2.45, 2.75) is 45.2 Å². The molecule has 1 aromatic carbocycles. The largest absolute Gasteiger partial charge is 0.332 e. The van der Waals surface area contributed by atoms with Gasteiger partial charge in [0.1, 0.15) is 5.82 Å². The van der Waals surface area contributed by atoms with Gasteiger partial charge in [-0.15, -0.1) is 10.2 Å². The first-order valence-corrected chi connectivity index (χ1v) is 9.57. The zero-order valence-corrected chi connectivity index (χ0v) is 15.6. The van der Waals surface area contributed by atoms with Crippen LogP contribution in [0.4, 0.5) is 0 Å². The van der Waals surface area contributed by atoms with Crippen molar-refractivity contribution in [2.24, 2.45) is 0 Å². The minimum Gasteiger partial charge on any atom is -0.332 e. The highest BCUT2D eigenvalue weighted by molar-refractivity contribution is 5.78. The van der Waals surface area contributed by atoms with Crippen LogP contribution >= 0.6 is 0 Å². The predicted molar refractivity (Wildman–Crippen MR) is 99.7 cm³/mol. The number of carbonyl (C=O) groups is 1. The predicted octanol–water partition coefficient (Wildman–Crippen LogP) is 2.37. The van der Waals surface area contributed by atoms with E-state index in [9.17, 15) is 4.79 Å². The van der Waals surface area contributed by atoms with Gasteiger partial charge in [-0.1, -0.05) is 30.3 Å². The Kier molecular flexibility index (Phi) is 4.76. The van der Waals surface area contributed by atoms with E-state index in [2.05, 4.69) is 56.9 Å². The normalized spacial score (nSPS) is 21.6. The van der Waals surface area contributed by atoms with E-state index in [-0.39, 0.29) is 11.9 Å². The lowest BCUT2D eigenvalue weighted by Crippen LogP contribution is -2.46. The second-order valence-electron chi connectivity index (χ2n) is 7.62. The fourth-order valence-corrected chi connectivity index (χ4v) is 4.36. The van der Waals surface area contributed by atoms with Gasteiger partial charge in [0.15, 0.2) is 5.82 Å². The molecule has 1 saturated heterocycles. The minimum atomic E-state index is 0.210. The summed E-state index contributed by atoms with van der Waals surface area (Å²) in [5, 5.41) is 8.39. The number of aryl methyl sites for hydroxylation is 1. The van der Waals surface area contributed by atoms with E-state index in [4.69, 9.17) is 0 Å². The Morgan fingerprint density at radius 2 is 1.88 bits per heavy atom. The van der Waals surface area contributed by atoms with Crippen LogP contribution in [0, 0.1) is 6.92 Å². The van der Waals surface area contributed by atoms with Crippen LogP contribution in [0.5, 0.6) is 0 Å². The Labute approximate surface area is 154 Å². The number of hydrogen-bond donors (Lipinski definition) is 0. The van der Waals surface area contributed by atoms with E-state index in [1.165, 1.54) is 5.56 Å². The van der Waals surface area contributed by atoms with Crippen molar-refractivity contribution in [2.75, 3.05) is 26.2 Å². The molecule has 1 amide bonds. The molecule has 0 bridgehead atoms. The van der Waals surface area contributed by atoms with Crippen molar-refractivity contribution < 1.29 is 4.79 Å². The molecular weight excluding hydrogens is 326 g/mol. The lowest BCUT2D eigenvalue weighted by molar-refractivity contribution is -0.134. The van der Waals surface area contributed by atoms with Crippen LogP contribution in [-0.4, -0.2) is 56.7 Å². The molecule has 1 aromatic heterocycles. The maximum absolute atomic E-state index is 12.8. The summed E-state index contributed by atoms with van der Waals surface area (Å²) in [4.78, 5) is 17.1. The van der Waals surface area contributed by atoms with Crippen LogP contribution < -0.4 is 0 Å². The number of piperidine rings is 1. The fraction of sp³-hybridized carbons (Fsp3) is 0.550. The van der Waals surface area contributed by atoms with Crippen molar-refractivity contribution in [3.05, 3.63) is 47.5 Å². The zero-order chi connectivity index (χ0) is 18.1. The molecule has 26 heavy (non-hydrogen) atoms. The molecule has 0 saturated carbocycles. The van der Waals surface area contributed by atoms with Gasteiger partial charge >= 0.3 is 0 Å². The van der Waals surface area contributed by atoms with Crippen LogP contribution in [0.15, 0.2) is 30.3 Å². The highest BCUT2D eigenvalue weighted by Gasteiger charge is 2.29. The van der Waals surface area contributed by atoms with Gasteiger partial charge in [-0.2, -0.15) is 0 Å². The summed E-state index contributed by atoms with van der Waals surface area (Å²) in [6.45, 7) is 7.91. The van der Waals surface area contributed by atoms with Crippen LogP contribution in [0.1, 0.15) is 48.9 Å². The van der Waals surface area contributed by atoms with Gasteiger partial charge in [-0.25, -0.2) is 0 Å². The maximum Gasteiger partial charge on any atom is 0.237 e. The van der Waals surface area contributed by atoms with Crippen LogP contribution in [0.25, 0.3) is 0 Å². The summed E-state index contributed by atoms with van der Waals surface area (Å²) in [6.07, 6.45) is 2.25. The molecule has 0 radical (unpaired) electrons. The van der Waals surface area contributed by atoms with E-state index in [1.807, 2.05) is 11.8 Å². The van der Waals surface area contributed by atoms with E-state index in [0.717, 1.165) is 44.1 Å². The smallest absolute Gasteiger partial charge is 0.237 e. The Morgan fingerprint density at radius 1 is 1.15 bits per heavy atom. The molecule has 2 aromatic rings. The van der Waals surface area contributed by atoms with Gasteiger partial charge in [-0.3, -0.25) is 9.69 Å². The van der Waals surface area contributed by atoms with Crippen molar-refractivity contribution in [3.8, 4) is 0 Å². The molecule has 1 fully saturated rings. The van der Waals surface area contributed by atoms with Gasteiger partial charge < -0.3 is 9.47 Å². The summed E-state index contributed by atoms with van der Waals surface area (Å²) < 4.78 is 2.15. The zero-order valence-electron chi connectivity index (χ0n) is 15.6. The third-order valence-corrected chi connectivity index (χ3v) is 5.76. The molecule has 0 N–H and O–H groups in total. The van der Waals surface area contributed by atoms with Crippen molar-refractivity contribution in [3.63, 3.8) is 0 Å². The number of carbonyl (C=O) groups excluding carboxylic acids is 1. The van der Waals surface area contributed by atoms with Crippen molar-refractivity contribution >= 4 is 5.91 Å². The number of likely N-dealkylation sites (tertiary alicyclic amines) is 1. The molecule has 2 aliphatic rings. The third-order valence-electron chi connectivity index (χ3n) is 5.76. The molecule has 138 valence electrons. The first-order valence-electron chi connectivity index (χ1n) is 9.57. The lowest BCUT2D eigenvalue weighted by Gasteiger charge is -2.36. The van der Waals surface area contributed by atoms with Crippen LogP contribution in [0.2, 0.25) is 0 Å². The van der Waals surface area contributed by atoms with Gasteiger partial charge in [0.2, 0.25) is 5.91 Å². The van der Waals surface area contributed by atoms with Crippen LogP contribution in [-0.2, 0) is 11.3 Å². The monoisotopic (exact) mass is 353 g/mol.